The van der Waals surface area contributed by atoms with E-state index in [1.165, 1.54) is 12.6 Å². The van der Waals surface area contributed by atoms with Crippen LogP contribution in [0.5, 0.6) is 0 Å². The van der Waals surface area contributed by atoms with Crippen molar-refractivity contribution in [2.45, 2.75) is 6.42 Å². The van der Waals surface area contributed by atoms with Crippen molar-refractivity contribution in [3.8, 4) is 0 Å². The molecule has 2 aromatic heterocycles. The molecule has 0 aliphatic carbocycles. The first-order valence-corrected chi connectivity index (χ1v) is 5.31. The Balaban J connectivity index is 1.90. The minimum absolute atomic E-state index is 0.487. The van der Waals surface area contributed by atoms with Gasteiger partial charge in [0.25, 0.3) is 0 Å². The molecule has 0 aromatic carbocycles. The molecule has 1 N–H and O–H groups in total. The molecule has 2 aromatic rings. The van der Waals surface area contributed by atoms with Crippen molar-refractivity contribution < 1.29 is 4.52 Å². The minimum atomic E-state index is 0.487. The summed E-state index contributed by atoms with van der Waals surface area (Å²) in [6, 6.07) is 1.63. The topological polar surface area (TPSA) is 63.8 Å². The Morgan fingerprint density at radius 2 is 2.19 bits per heavy atom. The van der Waals surface area contributed by atoms with Gasteiger partial charge in [-0.1, -0.05) is 28.4 Å². The highest BCUT2D eigenvalue weighted by Gasteiger charge is 2.03. The number of hydrogen-bond acceptors (Lipinski definition) is 5. The lowest BCUT2D eigenvalue weighted by Gasteiger charge is -2.05. The Morgan fingerprint density at radius 3 is 2.88 bits per heavy atom. The van der Waals surface area contributed by atoms with E-state index in [-0.39, 0.29) is 0 Å². The number of halogens is 2. The lowest BCUT2D eigenvalue weighted by molar-refractivity contribution is 0.410. The molecule has 5 nitrogen and oxygen atoms in total. The summed E-state index contributed by atoms with van der Waals surface area (Å²) < 4.78 is 4.61. The third kappa shape index (κ3) is 2.84. The molecule has 0 unspecified atom stereocenters. The average molecular weight is 259 g/mol. The highest BCUT2D eigenvalue weighted by atomic mass is 35.5. The Morgan fingerprint density at radius 1 is 1.31 bits per heavy atom. The Hall–Kier alpha value is -1.33. The number of nitrogens with one attached hydrogen (secondary N) is 1. The molecule has 2 heterocycles. The summed E-state index contributed by atoms with van der Waals surface area (Å²) in [7, 11) is 0. The highest BCUT2D eigenvalue weighted by Crippen LogP contribution is 2.22. The second-order valence-corrected chi connectivity index (χ2v) is 3.85. The molecule has 0 saturated heterocycles. The van der Waals surface area contributed by atoms with E-state index < -0.39 is 0 Å². The van der Waals surface area contributed by atoms with Gasteiger partial charge in [-0.15, -0.1) is 0 Å². The number of aromatic nitrogens is 3. The lowest BCUT2D eigenvalue weighted by Crippen LogP contribution is -2.07. The molecule has 0 fully saturated rings. The largest absolute Gasteiger partial charge is 0.368 e. The normalized spacial score (nSPS) is 10.4. The standard InChI is InChI=1S/C9H8Cl2N4O/c10-6-3-7(11)9(13-4-6)12-2-1-8-14-5-16-15-8/h3-5H,1-2H2,(H,12,13). The molecule has 0 spiro atoms. The van der Waals surface area contributed by atoms with E-state index in [0.717, 1.165) is 0 Å². The number of rotatable bonds is 4. The third-order valence-electron chi connectivity index (χ3n) is 1.86. The van der Waals surface area contributed by atoms with E-state index in [2.05, 4.69) is 25.0 Å². The van der Waals surface area contributed by atoms with Crippen molar-refractivity contribution in [1.82, 2.24) is 15.1 Å². The maximum Gasteiger partial charge on any atom is 0.213 e. The van der Waals surface area contributed by atoms with Crippen LogP contribution in [0.15, 0.2) is 23.2 Å². The van der Waals surface area contributed by atoms with Crippen molar-refractivity contribution in [3.63, 3.8) is 0 Å². The molecule has 0 amide bonds. The SMILES string of the molecule is Clc1cnc(NCCc2ncon2)c(Cl)c1. The monoisotopic (exact) mass is 258 g/mol. The van der Waals surface area contributed by atoms with Crippen LogP contribution < -0.4 is 5.32 Å². The molecular formula is C9H8Cl2N4O. The van der Waals surface area contributed by atoms with Crippen molar-refractivity contribution in [2.75, 3.05) is 11.9 Å². The zero-order chi connectivity index (χ0) is 11.4. The van der Waals surface area contributed by atoms with Gasteiger partial charge < -0.3 is 9.84 Å². The third-order valence-corrected chi connectivity index (χ3v) is 2.35. The zero-order valence-electron chi connectivity index (χ0n) is 8.15. The van der Waals surface area contributed by atoms with Crippen molar-refractivity contribution in [3.05, 3.63) is 34.5 Å². The fraction of sp³-hybridized carbons (Fsp3) is 0.222. The van der Waals surface area contributed by atoms with Gasteiger partial charge in [-0.2, -0.15) is 4.98 Å². The summed E-state index contributed by atoms with van der Waals surface area (Å²) in [5.41, 5.74) is 0. The summed E-state index contributed by atoms with van der Waals surface area (Å²) in [6.07, 6.45) is 3.46. The molecule has 0 bridgehead atoms. The van der Waals surface area contributed by atoms with Crippen LogP contribution in [0.3, 0.4) is 0 Å². The molecule has 2 rings (SSSR count). The first-order chi connectivity index (χ1) is 7.75. The first-order valence-electron chi connectivity index (χ1n) is 4.56. The summed E-state index contributed by atoms with van der Waals surface area (Å²) in [4.78, 5) is 7.95. The summed E-state index contributed by atoms with van der Waals surface area (Å²) in [6.45, 7) is 0.619. The van der Waals surface area contributed by atoms with Crippen molar-refractivity contribution in [2.24, 2.45) is 0 Å². The van der Waals surface area contributed by atoms with Crippen LogP contribution in [0.25, 0.3) is 0 Å². The summed E-state index contributed by atoms with van der Waals surface area (Å²) in [5.74, 6) is 1.23. The number of pyridine rings is 1. The maximum absolute atomic E-state index is 5.93. The van der Waals surface area contributed by atoms with Gasteiger partial charge in [-0.05, 0) is 6.07 Å². The second-order valence-electron chi connectivity index (χ2n) is 3.01. The molecule has 0 saturated carbocycles. The second kappa shape index (κ2) is 5.14. The molecule has 84 valence electrons. The van der Waals surface area contributed by atoms with Gasteiger partial charge >= 0.3 is 0 Å². The molecule has 7 heteroatoms. The first kappa shape index (κ1) is 11.2. The Labute approximate surface area is 102 Å². The highest BCUT2D eigenvalue weighted by molar-refractivity contribution is 6.35. The van der Waals surface area contributed by atoms with E-state index in [9.17, 15) is 0 Å². The number of hydrogen-bond donors (Lipinski definition) is 1. The van der Waals surface area contributed by atoms with Crippen LogP contribution >= 0.6 is 23.2 Å². The van der Waals surface area contributed by atoms with Gasteiger partial charge in [0.05, 0.1) is 10.0 Å². The van der Waals surface area contributed by atoms with E-state index in [1.54, 1.807) is 6.07 Å². The molecule has 0 radical (unpaired) electrons. The maximum atomic E-state index is 5.93. The van der Waals surface area contributed by atoms with Gasteiger partial charge in [0.1, 0.15) is 5.82 Å². The lowest BCUT2D eigenvalue weighted by atomic mass is 10.4. The number of nitrogens with zero attached hydrogens (tertiary/aromatic N) is 3. The van der Waals surface area contributed by atoms with Crippen molar-refractivity contribution >= 4 is 29.0 Å². The van der Waals surface area contributed by atoms with Crippen LogP contribution in [0.1, 0.15) is 5.82 Å². The van der Waals surface area contributed by atoms with Crippen LogP contribution in [-0.4, -0.2) is 21.7 Å². The number of anilines is 1. The molecule has 16 heavy (non-hydrogen) atoms. The van der Waals surface area contributed by atoms with Gasteiger partial charge in [-0.25, -0.2) is 4.98 Å². The van der Waals surface area contributed by atoms with E-state index >= 15 is 0 Å². The van der Waals surface area contributed by atoms with Gasteiger partial charge in [0.15, 0.2) is 5.82 Å². The molecular weight excluding hydrogens is 251 g/mol. The molecule has 0 atom stereocenters. The van der Waals surface area contributed by atoms with E-state index in [1.807, 2.05) is 0 Å². The summed E-state index contributed by atoms with van der Waals surface area (Å²) >= 11 is 11.7. The van der Waals surface area contributed by atoms with Gasteiger partial charge in [0, 0.05) is 19.2 Å². The fourth-order valence-electron chi connectivity index (χ4n) is 1.14. The van der Waals surface area contributed by atoms with E-state index in [0.29, 0.717) is 34.7 Å². The van der Waals surface area contributed by atoms with Crippen LogP contribution in [0, 0.1) is 0 Å². The minimum Gasteiger partial charge on any atom is -0.368 e. The zero-order valence-corrected chi connectivity index (χ0v) is 9.66. The van der Waals surface area contributed by atoms with Crippen LogP contribution in [0.2, 0.25) is 10.0 Å². The Kier molecular flexibility index (Phi) is 3.58. The van der Waals surface area contributed by atoms with Gasteiger partial charge in [0.2, 0.25) is 6.39 Å². The Bertz CT molecular complexity index is 461. The predicted octanol–water partition coefficient (Wildman–Crippen LogP) is 2.43. The van der Waals surface area contributed by atoms with Crippen molar-refractivity contribution in [1.29, 1.82) is 0 Å². The van der Waals surface area contributed by atoms with Crippen LogP contribution in [0.4, 0.5) is 5.82 Å². The summed E-state index contributed by atoms with van der Waals surface area (Å²) in [5, 5.41) is 7.73. The van der Waals surface area contributed by atoms with Gasteiger partial charge in [-0.3, -0.25) is 0 Å². The predicted molar refractivity (Wildman–Crippen MR) is 60.7 cm³/mol. The molecule has 0 aliphatic rings. The molecule has 0 aliphatic heterocycles. The average Bonchev–Trinajstić information content (AvgIpc) is 2.74. The smallest absolute Gasteiger partial charge is 0.213 e. The van der Waals surface area contributed by atoms with Crippen LogP contribution in [-0.2, 0) is 6.42 Å². The van der Waals surface area contributed by atoms with E-state index in [4.69, 9.17) is 23.2 Å². The quantitative estimate of drug-likeness (QED) is 0.913. The fourth-order valence-corrected chi connectivity index (χ4v) is 1.59.